The molecule has 0 radical (unpaired) electrons. The molecule has 0 saturated heterocycles. The van der Waals surface area contributed by atoms with E-state index in [1.54, 1.807) is 11.8 Å². The summed E-state index contributed by atoms with van der Waals surface area (Å²) in [6.07, 6.45) is 0. The fraction of sp³-hybridized carbons (Fsp3) is 0.391. The maximum absolute atomic E-state index is 13.0. The van der Waals surface area contributed by atoms with Gasteiger partial charge in [0.1, 0.15) is 11.8 Å². The third-order valence-corrected chi connectivity index (χ3v) is 5.31. The molecule has 2 rings (SSSR count). The highest BCUT2D eigenvalue weighted by atomic mass is 79.9. The first-order chi connectivity index (χ1) is 13.8. The van der Waals surface area contributed by atoms with E-state index in [0.29, 0.717) is 24.8 Å². The Morgan fingerprint density at radius 1 is 1.10 bits per heavy atom. The highest BCUT2D eigenvalue weighted by Crippen LogP contribution is 2.29. The van der Waals surface area contributed by atoms with Crippen LogP contribution in [0.3, 0.4) is 0 Å². The second-order valence-corrected chi connectivity index (χ2v) is 8.07. The van der Waals surface area contributed by atoms with Crippen molar-refractivity contribution >= 4 is 27.7 Å². The van der Waals surface area contributed by atoms with Crippen molar-refractivity contribution in [3.05, 3.63) is 64.1 Å². The first-order valence-corrected chi connectivity index (χ1v) is 10.7. The molecule has 0 heterocycles. The molecule has 0 saturated carbocycles. The SMILES string of the molecule is CCNC(=O)C(C)N(Cc1ccccc1)C(=O)COc1ccc(C(C)C)cc1Br. The number of nitrogens with zero attached hydrogens (tertiary/aromatic N) is 1. The molecule has 0 aliphatic rings. The van der Waals surface area contributed by atoms with Crippen LogP contribution >= 0.6 is 15.9 Å². The Bertz CT molecular complexity index is 824. The van der Waals surface area contributed by atoms with Crippen molar-refractivity contribution in [2.75, 3.05) is 13.2 Å². The van der Waals surface area contributed by atoms with Crippen LogP contribution in [0.15, 0.2) is 53.0 Å². The molecule has 0 fully saturated rings. The average molecular weight is 461 g/mol. The summed E-state index contributed by atoms with van der Waals surface area (Å²) < 4.78 is 6.58. The molecule has 0 aliphatic carbocycles. The standard InChI is InChI=1S/C23H29BrN2O3/c1-5-25-23(28)17(4)26(14-18-9-7-6-8-10-18)22(27)15-29-21-12-11-19(16(2)3)13-20(21)24/h6-13,16-17H,5,14-15H2,1-4H3,(H,25,28). The summed E-state index contributed by atoms with van der Waals surface area (Å²) in [6.45, 7) is 8.55. The summed E-state index contributed by atoms with van der Waals surface area (Å²) >= 11 is 3.52. The van der Waals surface area contributed by atoms with Gasteiger partial charge >= 0.3 is 0 Å². The van der Waals surface area contributed by atoms with Crippen LogP contribution in [0.4, 0.5) is 0 Å². The lowest BCUT2D eigenvalue weighted by Gasteiger charge is -2.28. The van der Waals surface area contributed by atoms with Gasteiger partial charge < -0.3 is 15.0 Å². The monoisotopic (exact) mass is 460 g/mol. The summed E-state index contributed by atoms with van der Waals surface area (Å²) in [6, 6.07) is 14.9. The second-order valence-electron chi connectivity index (χ2n) is 7.21. The molecule has 5 nitrogen and oxygen atoms in total. The number of hydrogen-bond acceptors (Lipinski definition) is 3. The highest BCUT2D eigenvalue weighted by molar-refractivity contribution is 9.10. The molecule has 2 aromatic rings. The van der Waals surface area contributed by atoms with Gasteiger partial charge in [0.2, 0.25) is 5.91 Å². The number of ether oxygens (including phenoxy) is 1. The molecule has 1 N–H and O–H groups in total. The Kier molecular flexibility index (Phi) is 8.70. The van der Waals surface area contributed by atoms with E-state index in [-0.39, 0.29) is 18.4 Å². The lowest BCUT2D eigenvalue weighted by Crippen LogP contribution is -2.49. The highest BCUT2D eigenvalue weighted by Gasteiger charge is 2.26. The van der Waals surface area contributed by atoms with E-state index in [1.807, 2.05) is 55.5 Å². The van der Waals surface area contributed by atoms with Crippen LogP contribution in [0.2, 0.25) is 0 Å². The number of carbonyl (C=O) groups is 2. The van der Waals surface area contributed by atoms with E-state index >= 15 is 0 Å². The zero-order chi connectivity index (χ0) is 21.4. The van der Waals surface area contributed by atoms with E-state index in [4.69, 9.17) is 4.74 Å². The van der Waals surface area contributed by atoms with Gasteiger partial charge in [-0.2, -0.15) is 0 Å². The molecule has 6 heteroatoms. The van der Waals surface area contributed by atoms with Crippen molar-refractivity contribution < 1.29 is 14.3 Å². The van der Waals surface area contributed by atoms with Crippen LogP contribution in [-0.4, -0.2) is 35.9 Å². The van der Waals surface area contributed by atoms with Gasteiger partial charge in [-0.05, 0) is 59.0 Å². The number of rotatable bonds is 9. The molecule has 2 amide bonds. The fourth-order valence-corrected chi connectivity index (χ4v) is 3.41. The summed E-state index contributed by atoms with van der Waals surface area (Å²) in [4.78, 5) is 26.9. The summed E-state index contributed by atoms with van der Waals surface area (Å²) in [7, 11) is 0. The number of hydrogen-bond donors (Lipinski definition) is 1. The Hall–Kier alpha value is -2.34. The Balaban J connectivity index is 2.13. The molecule has 29 heavy (non-hydrogen) atoms. The molecule has 0 bridgehead atoms. The molecular weight excluding hydrogens is 432 g/mol. The zero-order valence-electron chi connectivity index (χ0n) is 17.4. The van der Waals surface area contributed by atoms with Crippen molar-refractivity contribution in [3.8, 4) is 5.75 Å². The van der Waals surface area contributed by atoms with Crippen LogP contribution in [0.1, 0.15) is 44.7 Å². The van der Waals surface area contributed by atoms with E-state index in [9.17, 15) is 9.59 Å². The third-order valence-electron chi connectivity index (χ3n) is 4.69. The van der Waals surface area contributed by atoms with Crippen LogP contribution in [0.5, 0.6) is 5.75 Å². The Morgan fingerprint density at radius 2 is 1.79 bits per heavy atom. The quantitative estimate of drug-likeness (QED) is 0.598. The summed E-state index contributed by atoms with van der Waals surface area (Å²) in [5.41, 5.74) is 2.14. The van der Waals surface area contributed by atoms with Crippen molar-refractivity contribution in [1.29, 1.82) is 0 Å². The maximum atomic E-state index is 13.0. The normalized spacial score (nSPS) is 11.8. The van der Waals surface area contributed by atoms with Crippen molar-refractivity contribution in [1.82, 2.24) is 10.2 Å². The molecule has 2 aromatic carbocycles. The number of carbonyl (C=O) groups excluding carboxylic acids is 2. The Labute approximate surface area is 181 Å². The Morgan fingerprint density at radius 3 is 2.38 bits per heavy atom. The molecule has 0 aromatic heterocycles. The van der Waals surface area contributed by atoms with Crippen molar-refractivity contribution in [3.63, 3.8) is 0 Å². The minimum Gasteiger partial charge on any atom is -0.483 e. The van der Waals surface area contributed by atoms with Gasteiger partial charge in [-0.1, -0.05) is 50.2 Å². The smallest absolute Gasteiger partial charge is 0.261 e. The lowest BCUT2D eigenvalue weighted by atomic mass is 10.0. The van der Waals surface area contributed by atoms with Crippen LogP contribution < -0.4 is 10.1 Å². The lowest BCUT2D eigenvalue weighted by molar-refractivity contribution is -0.142. The van der Waals surface area contributed by atoms with Crippen molar-refractivity contribution in [2.45, 2.75) is 46.2 Å². The predicted molar refractivity (Wildman–Crippen MR) is 119 cm³/mol. The van der Waals surface area contributed by atoms with Gasteiger partial charge in [-0.25, -0.2) is 0 Å². The third kappa shape index (κ3) is 6.60. The van der Waals surface area contributed by atoms with E-state index in [0.717, 1.165) is 10.0 Å². The number of amides is 2. The largest absolute Gasteiger partial charge is 0.483 e. The van der Waals surface area contributed by atoms with Gasteiger partial charge in [0.05, 0.1) is 4.47 Å². The first kappa shape index (κ1) is 22.9. The van der Waals surface area contributed by atoms with Gasteiger partial charge in [-0.3, -0.25) is 9.59 Å². The number of benzene rings is 2. The molecule has 1 unspecified atom stereocenters. The summed E-state index contributed by atoms with van der Waals surface area (Å²) in [5.74, 6) is 0.584. The molecule has 0 spiro atoms. The van der Waals surface area contributed by atoms with Gasteiger partial charge in [0.15, 0.2) is 6.61 Å². The first-order valence-electron chi connectivity index (χ1n) is 9.86. The van der Waals surface area contributed by atoms with Crippen LogP contribution in [0, 0.1) is 0 Å². The molecule has 0 aliphatic heterocycles. The number of halogens is 1. The number of nitrogens with one attached hydrogen (secondary N) is 1. The minimum atomic E-state index is -0.599. The van der Waals surface area contributed by atoms with Crippen LogP contribution in [0.25, 0.3) is 0 Å². The second kappa shape index (κ2) is 11.0. The van der Waals surface area contributed by atoms with E-state index in [2.05, 4.69) is 35.1 Å². The molecule has 1 atom stereocenters. The minimum absolute atomic E-state index is 0.143. The van der Waals surface area contributed by atoms with E-state index < -0.39 is 6.04 Å². The predicted octanol–water partition coefficient (Wildman–Crippen LogP) is 4.50. The fourth-order valence-electron chi connectivity index (χ4n) is 2.90. The van der Waals surface area contributed by atoms with E-state index in [1.165, 1.54) is 5.56 Å². The van der Waals surface area contributed by atoms with Crippen LogP contribution in [-0.2, 0) is 16.1 Å². The zero-order valence-corrected chi connectivity index (χ0v) is 19.0. The molecule has 156 valence electrons. The van der Waals surface area contributed by atoms with Crippen molar-refractivity contribution in [2.24, 2.45) is 0 Å². The summed E-state index contributed by atoms with van der Waals surface area (Å²) in [5, 5.41) is 2.78. The molecular formula is C23H29BrN2O3. The maximum Gasteiger partial charge on any atom is 0.261 e. The van der Waals surface area contributed by atoms with Gasteiger partial charge in [-0.15, -0.1) is 0 Å². The average Bonchev–Trinajstić information content (AvgIpc) is 2.71. The topological polar surface area (TPSA) is 58.6 Å². The van der Waals surface area contributed by atoms with Gasteiger partial charge in [0, 0.05) is 13.1 Å². The van der Waals surface area contributed by atoms with Gasteiger partial charge in [0.25, 0.3) is 5.91 Å². The number of likely N-dealkylation sites (N-methyl/N-ethyl adjacent to an activating group) is 1.